The highest BCUT2D eigenvalue weighted by Gasteiger charge is 2.27. The Morgan fingerprint density at radius 3 is 2.65 bits per heavy atom. The topological polar surface area (TPSA) is 39.1 Å². The van der Waals surface area contributed by atoms with Crippen LogP contribution >= 0.6 is 0 Å². The maximum Gasteiger partial charge on any atom is 0.411 e. The minimum absolute atomic E-state index is 0.0725. The lowest BCUT2D eigenvalue weighted by atomic mass is 10.1. The molecule has 4 nitrogen and oxygen atoms in total. The van der Waals surface area contributed by atoms with Gasteiger partial charge in [0.1, 0.15) is 6.61 Å². The molecule has 0 aliphatic carbocycles. The Bertz CT molecular complexity index is 404. The molecule has 1 aromatic heterocycles. The minimum atomic E-state index is -4.26. The molecule has 1 aromatic rings. The van der Waals surface area contributed by atoms with Crippen molar-refractivity contribution in [3.63, 3.8) is 0 Å². The van der Waals surface area contributed by atoms with E-state index in [4.69, 9.17) is 0 Å². The first-order valence-corrected chi connectivity index (χ1v) is 6.69. The van der Waals surface area contributed by atoms with Crippen molar-refractivity contribution in [3.05, 3.63) is 17.5 Å². The van der Waals surface area contributed by atoms with Crippen LogP contribution < -0.4 is 5.32 Å². The Balaban J connectivity index is 2.40. The van der Waals surface area contributed by atoms with Crippen LogP contribution in [0.2, 0.25) is 0 Å². The number of hydrogen-bond acceptors (Lipinski definition) is 3. The maximum atomic E-state index is 12.0. The van der Waals surface area contributed by atoms with Crippen molar-refractivity contribution in [2.24, 2.45) is 7.05 Å². The number of nitrogens with one attached hydrogen (secondary N) is 1. The van der Waals surface area contributed by atoms with Gasteiger partial charge in [-0.1, -0.05) is 6.92 Å². The lowest BCUT2D eigenvalue weighted by Gasteiger charge is -2.16. The molecule has 1 N–H and O–H groups in total. The average molecular weight is 293 g/mol. The summed E-state index contributed by atoms with van der Waals surface area (Å²) in [4.78, 5) is 0. The number of rotatable bonds is 8. The molecule has 116 valence electrons. The summed E-state index contributed by atoms with van der Waals surface area (Å²) in [6, 6.07) is 2.10. The summed E-state index contributed by atoms with van der Waals surface area (Å²) in [7, 11) is 3.67. The van der Waals surface area contributed by atoms with E-state index in [-0.39, 0.29) is 12.6 Å². The van der Waals surface area contributed by atoms with Gasteiger partial charge in [0.05, 0.1) is 5.69 Å². The van der Waals surface area contributed by atoms with Crippen molar-refractivity contribution in [2.75, 3.05) is 20.3 Å². The van der Waals surface area contributed by atoms with Gasteiger partial charge in [0.15, 0.2) is 0 Å². The molecule has 7 heteroatoms. The molecule has 0 radical (unpaired) electrons. The van der Waals surface area contributed by atoms with Crippen LogP contribution in [0, 0.1) is 0 Å². The zero-order valence-electron chi connectivity index (χ0n) is 12.1. The van der Waals surface area contributed by atoms with Gasteiger partial charge in [0.2, 0.25) is 0 Å². The van der Waals surface area contributed by atoms with Crippen molar-refractivity contribution in [1.29, 1.82) is 0 Å². The lowest BCUT2D eigenvalue weighted by molar-refractivity contribution is -0.174. The van der Waals surface area contributed by atoms with E-state index < -0.39 is 12.8 Å². The molecule has 1 heterocycles. The fourth-order valence-corrected chi connectivity index (χ4v) is 1.95. The Morgan fingerprint density at radius 2 is 2.15 bits per heavy atom. The summed E-state index contributed by atoms with van der Waals surface area (Å²) >= 11 is 0. The van der Waals surface area contributed by atoms with Gasteiger partial charge < -0.3 is 10.1 Å². The largest absolute Gasteiger partial charge is 0.411 e. The van der Waals surface area contributed by atoms with E-state index >= 15 is 0 Å². The Morgan fingerprint density at radius 1 is 1.45 bits per heavy atom. The third-order valence-corrected chi connectivity index (χ3v) is 3.13. The van der Waals surface area contributed by atoms with Gasteiger partial charge in [-0.2, -0.15) is 18.3 Å². The first-order chi connectivity index (χ1) is 9.35. The van der Waals surface area contributed by atoms with E-state index in [1.165, 1.54) is 0 Å². The molecule has 0 aromatic carbocycles. The zero-order valence-corrected chi connectivity index (χ0v) is 12.1. The highest BCUT2D eigenvalue weighted by Crippen LogP contribution is 2.15. The van der Waals surface area contributed by atoms with Crippen molar-refractivity contribution in [2.45, 2.75) is 38.4 Å². The summed E-state index contributed by atoms with van der Waals surface area (Å²) < 4.78 is 42.3. The van der Waals surface area contributed by atoms with Crippen LogP contribution in [0.4, 0.5) is 13.2 Å². The number of halogens is 3. The molecule has 20 heavy (non-hydrogen) atoms. The molecule has 0 bridgehead atoms. The number of alkyl halides is 3. The average Bonchev–Trinajstić information content (AvgIpc) is 2.72. The highest BCUT2D eigenvalue weighted by molar-refractivity contribution is 5.11. The van der Waals surface area contributed by atoms with Crippen molar-refractivity contribution in [3.8, 4) is 0 Å². The number of nitrogens with zero attached hydrogens (tertiary/aromatic N) is 2. The second kappa shape index (κ2) is 7.64. The van der Waals surface area contributed by atoms with E-state index in [1.807, 2.05) is 24.7 Å². The molecular weight excluding hydrogens is 271 g/mol. The molecule has 1 rings (SSSR count). The first kappa shape index (κ1) is 17.0. The molecule has 0 aliphatic heterocycles. The Labute approximate surface area is 117 Å². The normalized spacial score (nSPS) is 13.7. The smallest absolute Gasteiger partial charge is 0.372 e. The number of aromatic nitrogens is 2. The van der Waals surface area contributed by atoms with Crippen molar-refractivity contribution >= 4 is 0 Å². The van der Waals surface area contributed by atoms with Crippen molar-refractivity contribution < 1.29 is 17.9 Å². The maximum absolute atomic E-state index is 12.0. The van der Waals surface area contributed by atoms with Crippen molar-refractivity contribution in [1.82, 2.24) is 15.1 Å². The standard InChI is InChI=1S/C13H22F3N3O/c1-4-10-7-12(19(3)18-10)8-11(17-2)5-6-20-9-13(14,15)16/h7,11,17H,4-6,8-9H2,1-3H3. The summed E-state index contributed by atoms with van der Waals surface area (Å²) in [6.07, 6.45) is -2.14. The molecule has 1 atom stereocenters. The van der Waals surface area contributed by atoms with Gasteiger partial charge in [-0.15, -0.1) is 0 Å². The van der Waals surface area contributed by atoms with Gasteiger partial charge in [-0.05, 0) is 26.0 Å². The molecular formula is C13H22F3N3O. The predicted octanol–water partition coefficient (Wildman–Crippen LogP) is 2.08. The molecule has 0 saturated carbocycles. The van der Waals surface area contributed by atoms with Crippen LogP contribution in [0.3, 0.4) is 0 Å². The molecule has 0 amide bonds. The van der Waals surface area contributed by atoms with E-state index in [0.717, 1.165) is 24.2 Å². The second-order valence-electron chi connectivity index (χ2n) is 4.75. The molecule has 0 saturated heterocycles. The van der Waals surface area contributed by atoms with Gasteiger partial charge in [0, 0.05) is 31.8 Å². The van der Waals surface area contributed by atoms with E-state index in [0.29, 0.717) is 6.42 Å². The lowest BCUT2D eigenvalue weighted by Crippen LogP contribution is -2.30. The van der Waals surface area contributed by atoms with Gasteiger partial charge >= 0.3 is 6.18 Å². The number of hydrogen-bond donors (Lipinski definition) is 1. The van der Waals surface area contributed by atoms with Crippen LogP contribution in [0.5, 0.6) is 0 Å². The number of aryl methyl sites for hydroxylation is 2. The van der Waals surface area contributed by atoms with E-state index in [9.17, 15) is 13.2 Å². The molecule has 0 spiro atoms. The first-order valence-electron chi connectivity index (χ1n) is 6.69. The van der Waals surface area contributed by atoms with Crippen LogP contribution in [0.1, 0.15) is 24.7 Å². The fraction of sp³-hybridized carbons (Fsp3) is 0.769. The summed E-state index contributed by atoms with van der Waals surface area (Å²) in [6.45, 7) is 0.936. The Kier molecular flexibility index (Phi) is 6.48. The van der Waals surface area contributed by atoms with Gasteiger partial charge in [-0.25, -0.2) is 0 Å². The van der Waals surface area contributed by atoms with Crippen LogP contribution in [-0.4, -0.2) is 42.3 Å². The highest BCUT2D eigenvalue weighted by atomic mass is 19.4. The molecule has 0 aliphatic rings. The fourth-order valence-electron chi connectivity index (χ4n) is 1.95. The van der Waals surface area contributed by atoms with Gasteiger partial charge in [-0.3, -0.25) is 4.68 Å². The van der Waals surface area contributed by atoms with E-state index in [2.05, 4.69) is 15.2 Å². The number of ether oxygens (including phenoxy) is 1. The summed E-state index contributed by atoms with van der Waals surface area (Å²) in [5.74, 6) is 0. The van der Waals surface area contributed by atoms with Gasteiger partial charge in [0.25, 0.3) is 0 Å². The Hall–Kier alpha value is -1.08. The minimum Gasteiger partial charge on any atom is -0.372 e. The van der Waals surface area contributed by atoms with Crippen LogP contribution in [-0.2, 0) is 24.6 Å². The number of likely N-dealkylation sites (N-methyl/N-ethyl adjacent to an activating group) is 1. The quantitative estimate of drug-likeness (QED) is 0.746. The molecule has 0 fully saturated rings. The monoisotopic (exact) mass is 293 g/mol. The molecule has 1 unspecified atom stereocenters. The third-order valence-electron chi connectivity index (χ3n) is 3.13. The summed E-state index contributed by atoms with van der Waals surface area (Å²) in [5.41, 5.74) is 2.09. The third kappa shape index (κ3) is 5.92. The van der Waals surface area contributed by atoms with Crippen LogP contribution in [0.15, 0.2) is 6.07 Å². The SMILES string of the molecule is CCc1cc(CC(CCOCC(F)(F)F)NC)n(C)n1. The van der Waals surface area contributed by atoms with Crippen LogP contribution in [0.25, 0.3) is 0 Å². The second-order valence-corrected chi connectivity index (χ2v) is 4.75. The van der Waals surface area contributed by atoms with E-state index in [1.54, 1.807) is 7.05 Å². The summed E-state index contributed by atoms with van der Waals surface area (Å²) in [5, 5.41) is 7.45. The predicted molar refractivity (Wildman–Crippen MR) is 70.6 cm³/mol. The zero-order chi connectivity index (χ0) is 15.2.